The van der Waals surface area contributed by atoms with Crippen molar-refractivity contribution in [3.05, 3.63) is 42.0 Å². The average molecular weight is 299 g/mol. The third-order valence-corrected chi connectivity index (χ3v) is 4.20. The molecular formula is C16H21N5O. The number of carbonyl (C=O) groups excluding carboxylic acids is 1. The Morgan fingerprint density at radius 3 is 3.00 bits per heavy atom. The minimum atomic E-state index is 0.125. The molecule has 0 radical (unpaired) electrons. The van der Waals surface area contributed by atoms with Crippen molar-refractivity contribution in [1.82, 2.24) is 25.0 Å². The van der Waals surface area contributed by atoms with Crippen LogP contribution in [-0.2, 0) is 0 Å². The van der Waals surface area contributed by atoms with Gasteiger partial charge in [-0.2, -0.15) is 5.10 Å². The van der Waals surface area contributed by atoms with E-state index >= 15 is 0 Å². The van der Waals surface area contributed by atoms with Crippen molar-refractivity contribution in [2.24, 2.45) is 0 Å². The molecule has 6 heteroatoms. The molecule has 2 aromatic rings. The number of nitrogens with zero attached hydrogens (tertiary/aromatic N) is 4. The summed E-state index contributed by atoms with van der Waals surface area (Å²) in [4.78, 5) is 18.8. The van der Waals surface area contributed by atoms with Gasteiger partial charge in [-0.1, -0.05) is 0 Å². The van der Waals surface area contributed by atoms with Crippen molar-refractivity contribution < 1.29 is 4.79 Å². The fraction of sp³-hybridized carbons (Fsp3) is 0.438. The first-order chi connectivity index (χ1) is 10.7. The van der Waals surface area contributed by atoms with Crippen LogP contribution in [0.1, 0.15) is 28.8 Å². The maximum Gasteiger partial charge on any atom is 0.254 e. The van der Waals surface area contributed by atoms with Gasteiger partial charge < -0.3 is 10.2 Å². The Balaban J connectivity index is 1.84. The van der Waals surface area contributed by atoms with Crippen LogP contribution in [0.5, 0.6) is 0 Å². The molecule has 6 nitrogen and oxygen atoms in total. The molecule has 1 saturated heterocycles. The smallest absolute Gasteiger partial charge is 0.254 e. The number of aromatic nitrogens is 3. The predicted octanol–water partition coefficient (Wildman–Crippen LogP) is 1.40. The first kappa shape index (κ1) is 14.7. The molecule has 116 valence electrons. The Bertz CT molecular complexity index is 653. The first-order valence-corrected chi connectivity index (χ1v) is 7.62. The first-order valence-electron chi connectivity index (χ1n) is 7.62. The van der Waals surface area contributed by atoms with Crippen LogP contribution in [-0.4, -0.2) is 51.8 Å². The monoisotopic (exact) mass is 299 g/mol. The number of amides is 1. The molecule has 1 amide bonds. The van der Waals surface area contributed by atoms with E-state index in [0.29, 0.717) is 6.04 Å². The fourth-order valence-corrected chi connectivity index (χ4v) is 3.08. The van der Waals surface area contributed by atoms with Gasteiger partial charge in [0.15, 0.2) is 0 Å². The zero-order valence-corrected chi connectivity index (χ0v) is 13.0. The molecule has 1 aliphatic heterocycles. The summed E-state index contributed by atoms with van der Waals surface area (Å²) >= 11 is 0. The molecular weight excluding hydrogens is 278 g/mol. The van der Waals surface area contributed by atoms with Gasteiger partial charge in [-0.25, -0.2) is 9.67 Å². The summed E-state index contributed by atoms with van der Waals surface area (Å²) in [5.74, 6) is 0.125. The highest BCUT2D eigenvalue weighted by Gasteiger charge is 2.29. The average Bonchev–Trinajstić information content (AvgIpc) is 3.18. The number of aryl methyl sites for hydroxylation is 1. The van der Waals surface area contributed by atoms with E-state index in [1.807, 2.05) is 37.1 Å². The summed E-state index contributed by atoms with van der Waals surface area (Å²) < 4.78 is 1.70. The van der Waals surface area contributed by atoms with E-state index in [0.717, 1.165) is 42.7 Å². The lowest BCUT2D eigenvalue weighted by atomic mass is 10.1. The standard InChI is InChI=1S/C16H21N5O/c1-12-8-13(21-11-18-10-19-21)5-6-15(12)16(22)20-7-3-4-14(20)9-17-2/h5-6,8,10-11,14,17H,3-4,7,9H2,1-2H3. The highest BCUT2D eigenvalue weighted by molar-refractivity contribution is 5.96. The van der Waals surface area contributed by atoms with Crippen molar-refractivity contribution in [3.63, 3.8) is 0 Å². The second-order valence-corrected chi connectivity index (χ2v) is 5.69. The third-order valence-electron chi connectivity index (χ3n) is 4.20. The zero-order chi connectivity index (χ0) is 15.5. The summed E-state index contributed by atoms with van der Waals surface area (Å²) in [6, 6.07) is 6.08. The molecule has 1 atom stereocenters. The second-order valence-electron chi connectivity index (χ2n) is 5.69. The van der Waals surface area contributed by atoms with E-state index in [1.165, 1.54) is 6.33 Å². The normalized spacial score (nSPS) is 17.9. The highest BCUT2D eigenvalue weighted by Crippen LogP contribution is 2.22. The fourth-order valence-electron chi connectivity index (χ4n) is 3.08. The van der Waals surface area contributed by atoms with Gasteiger partial charge in [0.05, 0.1) is 5.69 Å². The van der Waals surface area contributed by atoms with Crippen LogP contribution in [0.15, 0.2) is 30.9 Å². The van der Waals surface area contributed by atoms with Gasteiger partial charge in [0.25, 0.3) is 5.91 Å². The van der Waals surface area contributed by atoms with E-state index in [1.54, 1.807) is 11.0 Å². The number of hydrogen-bond donors (Lipinski definition) is 1. The van der Waals surface area contributed by atoms with Gasteiger partial charge in [-0.3, -0.25) is 4.79 Å². The topological polar surface area (TPSA) is 63.1 Å². The summed E-state index contributed by atoms with van der Waals surface area (Å²) in [5.41, 5.74) is 2.65. The number of rotatable bonds is 4. The number of benzene rings is 1. The minimum absolute atomic E-state index is 0.125. The van der Waals surface area contributed by atoms with Gasteiger partial charge in [-0.05, 0) is 50.6 Å². The Morgan fingerprint density at radius 2 is 2.32 bits per heavy atom. The molecule has 1 aliphatic rings. The van der Waals surface area contributed by atoms with Gasteiger partial charge >= 0.3 is 0 Å². The molecule has 1 fully saturated rings. The molecule has 0 saturated carbocycles. The van der Waals surface area contributed by atoms with Crippen LogP contribution in [0.4, 0.5) is 0 Å². The Kier molecular flexibility index (Phi) is 4.20. The van der Waals surface area contributed by atoms with Gasteiger partial charge in [0, 0.05) is 24.7 Å². The van der Waals surface area contributed by atoms with Crippen LogP contribution < -0.4 is 5.32 Å². The second kappa shape index (κ2) is 6.27. The predicted molar refractivity (Wildman–Crippen MR) is 84.1 cm³/mol. The quantitative estimate of drug-likeness (QED) is 0.927. The maximum atomic E-state index is 12.8. The minimum Gasteiger partial charge on any atom is -0.334 e. The molecule has 3 rings (SSSR count). The van der Waals surface area contributed by atoms with E-state index in [2.05, 4.69) is 15.4 Å². The van der Waals surface area contributed by atoms with Crippen LogP contribution in [0.3, 0.4) is 0 Å². The molecule has 2 heterocycles. The zero-order valence-electron chi connectivity index (χ0n) is 13.0. The van der Waals surface area contributed by atoms with Crippen LogP contribution in [0.2, 0.25) is 0 Å². The van der Waals surface area contributed by atoms with Crippen LogP contribution in [0, 0.1) is 6.92 Å². The third kappa shape index (κ3) is 2.74. The summed E-state index contributed by atoms with van der Waals surface area (Å²) in [6.07, 6.45) is 5.30. The van der Waals surface area contributed by atoms with Gasteiger partial charge in [0.2, 0.25) is 0 Å². The number of likely N-dealkylation sites (tertiary alicyclic amines) is 1. The number of carbonyl (C=O) groups is 1. The molecule has 1 N–H and O–H groups in total. The Morgan fingerprint density at radius 1 is 1.45 bits per heavy atom. The number of likely N-dealkylation sites (N-methyl/N-ethyl adjacent to an activating group) is 1. The number of hydrogen-bond acceptors (Lipinski definition) is 4. The number of nitrogens with one attached hydrogen (secondary N) is 1. The van der Waals surface area contributed by atoms with Crippen LogP contribution in [0.25, 0.3) is 5.69 Å². The van der Waals surface area contributed by atoms with E-state index in [9.17, 15) is 4.79 Å². The summed E-state index contributed by atoms with van der Waals surface area (Å²) in [5, 5.41) is 7.29. The van der Waals surface area contributed by atoms with Crippen molar-refractivity contribution in [3.8, 4) is 5.69 Å². The molecule has 0 spiro atoms. The van der Waals surface area contributed by atoms with E-state index < -0.39 is 0 Å². The Labute approximate surface area is 130 Å². The summed E-state index contributed by atoms with van der Waals surface area (Å²) in [7, 11) is 1.93. The van der Waals surface area contributed by atoms with Gasteiger partial charge in [0.1, 0.15) is 12.7 Å². The molecule has 1 aromatic carbocycles. The molecule has 0 bridgehead atoms. The van der Waals surface area contributed by atoms with Crippen LogP contribution >= 0.6 is 0 Å². The lowest BCUT2D eigenvalue weighted by Crippen LogP contribution is -2.41. The Hall–Kier alpha value is -2.21. The molecule has 1 unspecified atom stereocenters. The molecule has 1 aromatic heterocycles. The summed E-state index contributed by atoms with van der Waals surface area (Å²) in [6.45, 7) is 3.66. The van der Waals surface area contributed by atoms with Gasteiger partial charge in [-0.15, -0.1) is 0 Å². The molecule has 0 aliphatic carbocycles. The van der Waals surface area contributed by atoms with Crippen molar-refractivity contribution >= 4 is 5.91 Å². The molecule has 22 heavy (non-hydrogen) atoms. The van der Waals surface area contributed by atoms with Crippen molar-refractivity contribution in [1.29, 1.82) is 0 Å². The van der Waals surface area contributed by atoms with Crippen molar-refractivity contribution in [2.75, 3.05) is 20.1 Å². The lowest BCUT2D eigenvalue weighted by Gasteiger charge is -2.25. The highest BCUT2D eigenvalue weighted by atomic mass is 16.2. The SMILES string of the molecule is CNCC1CCCN1C(=O)c1ccc(-n2cncn2)cc1C. The maximum absolute atomic E-state index is 12.8. The largest absolute Gasteiger partial charge is 0.334 e. The van der Waals surface area contributed by atoms with Crippen molar-refractivity contribution in [2.45, 2.75) is 25.8 Å². The van der Waals surface area contributed by atoms with E-state index in [4.69, 9.17) is 0 Å². The lowest BCUT2D eigenvalue weighted by molar-refractivity contribution is 0.0736. The van der Waals surface area contributed by atoms with E-state index in [-0.39, 0.29) is 5.91 Å².